The van der Waals surface area contributed by atoms with E-state index < -0.39 is 0 Å². The molecule has 1 aliphatic rings. The molecule has 0 radical (unpaired) electrons. The number of piperazine rings is 1. The minimum Gasteiger partial charge on any atom is -0.383 e. The van der Waals surface area contributed by atoms with Crippen molar-refractivity contribution in [3.8, 4) is 0 Å². The van der Waals surface area contributed by atoms with E-state index in [9.17, 15) is 4.79 Å². The molecule has 1 aliphatic heterocycles. The molecule has 2 rings (SSSR count). The number of rotatable bonds is 10. The van der Waals surface area contributed by atoms with Gasteiger partial charge in [-0.3, -0.25) is 14.7 Å². The van der Waals surface area contributed by atoms with Crippen LogP contribution in [0.3, 0.4) is 0 Å². The van der Waals surface area contributed by atoms with Crippen LogP contribution in [0.25, 0.3) is 0 Å². The molecule has 0 unspecified atom stereocenters. The van der Waals surface area contributed by atoms with Gasteiger partial charge >= 0.3 is 0 Å². The van der Waals surface area contributed by atoms with Crippen molar-refractivity contribution >= 4 is 35.8 Å². The molecule has 0 aliphatic carbocycles. The van der Waals surface area contributed by atoms with E-state index in [0.717, 1.165) is 51.6 Å². The number of methoxy groups -OCH3 is 1. The fraction of sp³-hybridized carbons (Fsp3) is 0.652. The van der Waals surface area contributed by atoms with Crippen LogP contribution in [0, 0.1) is 5.41 Å². The average Bonchev–Trinajstić information content (AvgIpc) is 2.72. The third-order valence-corrected chi connectivity index (χ3v) is 5.18. The Bertz CT molecular complexity index is 661. The Morgan fingerprint density at radius 1 is 1.13 bits per heavy atom. The SMILES string of the molecule is CCNC(=NCC(C)(C)Cc1ccccc1)N1CCN(CC(=O)NCCOC)CC1.I. The summed E-state index contributed by atoms with van der Waals surface area (Å²) in [6.07, 6.45) is 1.00. The van der Waals surface area contributed by atoms with Gasteiger partial charge in [-0.25, -0.2) is 0 Å². The highest BCUT2D eigenvalue weighted by Crippen LogP contribution is 2.22. The van der Waals surface area contributed by atoms with Gasteiger partial charge in [0.25, 0.3) is 0 Å². The molecular formula is C23H40IN5O2. The van der Waals surface area contributed by atoms with Gasteiger partial charge in [-0.15, -0.1) is 24.0 Å². The van der Waals surface area contributed by atoms with Crippen LogP contribution in [-0.2, 0) is 16.0 Å². The Morgan fingerprint density at radius 2 is 1.81 bits per heavy atom. The lowest BCUT2D eigenvalue weighted by Crippen LogP contribution is -2.54. The Balaban J connectivity index is 0.00000480. The second-order valence-electron chi connectivity index (χ2n) is 8.60. The number of hydrogen-bond acceptors (Lipinski definition) is 4. The zero-order valence-electron chi connectivity index (χ0n) is 19.5. The Labute approximate surface area is 205 Å². The average molecular weight is 546 g/mol. The summed E-state index contributed by atoms with van der Waals surface area (Å²) >= 11 is 0. The minimum absolute atomic E-state index is 0. The summed E-state index contributed by atoms with van der Waals surface area (Å²) < 4.78 is 4.97. The van der Waals surface area contributed by atoms with Crippen LogP contribution in [0.15, 0.2) is 35.3 Å². The number of hydrogen-bond donors (Lipinski definition) is 2. The zero-order chi connectivity index (χ0) is 21.8. The fourth-order valence-electron chi connectivity index (χ4n) is 3.59. The van der Waals surface area contributed by atoms with E-state index in [1.165, 1.54) is 5.56 Å². The summed E-state index contributed by atoms with van der Waals surface area (Å²) in [5.41, 5.74) is 1.43. The number of benzene rings is 1. The van der Waals surface area contributed by atoms with Gasteiger partial charge in [0.05, 0.1) is 13.2 Å². The lowest BCUT2D eigenvalue weighted by molar-refractivity contribution is -0.122. The van der Waals surface area contributed by atoms with Gasteiger partial charge in [-0.05, 0) is 24.3 Å². The monoisotopic (exact) mass is 545 g/mol. The number of ether oxygens (including phenoxy) is 1. The molecule has 0 spiro atoms. The maximum atomic E-state index is 12.0. The van der Waals surface area contributed by atoms with Crippen LogP contribution >= 0.6 is 24.0 Å². The number of carbonyl (C=O) groups excluding carboxylic acids is 1. The number of guanidine groups is 1. The molecule has 7 nitrogen and oxygen atoms in total. The quantitative estimate of drug-likeness (QED) is 0.204. The highest BCUT2D eigenvalue weighted by molar-refractivity contribution is 14.0. The maximum absolute atomic E-state index is 12.0. The van der Waals surface area contributed by atoms with Crippen molar-refractivity contribution in [2.75, 3.05) is 66.1 Å². The van der Waals surface area contributed by atoms with Gasteiger partial charge in [0, 0.05) is 52.9 Å². The van der Waals surface area contributed by atoms with Crippen molar-refractivity contribution in [3.05, 3.63) is 35.9 Å². The maximum Gasteiger partial charge on any atom is 0.234 e. The molecule has 0 atom stereocenters. The molecule has 1 amide bonds. The van der Waals surface area contributed by atoms with E-state index in [1.807, 2.05) is 0 Å². The van der Waals surface area contributed by atoms with E-state index in [-0.39, 0.29) is 35.3 Å². The van der Waals surface area contributed by atoms with Crippen molar-refractivity contribution < 1.29 is 9.53 Å². The van der Waals surface area contributed by atoms with Crippen LogP contribution in [0.2, 0.25) is 0 Å². The van der Waals surface area contributed by atoms with Crippen molar-refractivity contribution in [2.45, 2.75) is 27.2 Å². The number of nitrogens with one attached hydrogen (secondary N) is 2. The largest absolute Gasteiger partial charge is 0.383 e. The first-order valence-corrected chi connectivity index (χ1v) is 11.0. The van der Waals surface area contributed by atoms with Gasteiger partial charge < -0.3 is 20.3 Å². The lowest BCUT2D eigenvalue weighted by atomic mass is 9.86. The molecule has 1 aromatic rings. The summed E-state index contributed by atoms with van der Waals surface area (Å²) in [4.78, 5) is 21.5. The lowest BCUT2D eigenvalue weighted by Gasteiger charge is -2.36. The second kappa shape index (κ2) is 14.6. The van der Waals surface area contributed by atoms with Crippen molar-refractivity contribution in [1.29, 1.82) is 0 Å². The summed E-state index contributed by atoms with van der Waals surface area (Å²) in [7, 11) is 1.64. The highest BCUT2D eigenvalue weighted by atomic mass is 127. The van der Waals surface area contributed by atoms with Gasteiger partial charge in [0.1, 0.15) is 0 Å². The third-order valence-electron chi connectivity index (χ3n) is 5.18. The molecule has 176 valence electrons. The molecule has 0 bridgehead atoms. The molecule has 0 saturated carbocycles. The van der Waals surface area contributed by atoms with Crippen LogP contribution in [0.1, 0.15) is 26.3 Å². The standard InChI is InChI=1S/C23H39N5O2.HI/c1-5-24-22(26-19-23(2,3)17-20-9-7-6-8-10-20)28-14-12-27(13-15-28)18-21(29)25-11-16-30-4;/h6-10H,5,11-19H2,1-4H3,(H,24,26)(H,25,29);1H. The third kappa shape index (κ3) is 10.7. The summed E-state index contributed by atoms with van der Waals surface area (Å²) in [6, 6.07) is 10.6. The number of aliphatic imine (C=N–C) groups is 1. The van der Waals surface area contributed by atoms with Crippen molar-refractivity contribution in [1.82, 2.24) is 20.4 Å². The highest BCUT2D eigenvalue weighted by Gasteiger charge is 2.23. The first kappa shape index (κ1) is 27.6. The minimum atomic E-state index is 0. The first-order chi connectivity index (χ1) is 14.4. The Morgan fingerprint density at radius 3 is 2.42 bits per heavy atom. The second-order valence-corrected chi connectivity index (χ2v) is 8.60. The molecule has 2 N–H and O–H groups in total. The van der Waals surface area contributed by atoms with Gasteiger partial charge in [-0.1, -0.05) is 44.2 Å². The number of amides is 1. The zero-order valence-corrected chi connectivity index (χ0v) is 21.9. The molecular weight excluding hydrogens is 505 g/mol. The van der Waals surface area contributed by atoms with Gasteiger partial charge in [0.15, 0.2) is 5.96 Å². The Hall–Kier alpha value is -1.39. The fourth-order valence-corrected chi connectivity index (χ4v) is 3.59. The van der Waals surface area contributed by atoms with Crippen LogP contribution in [0.5, 0.6) is 0 Å². The molecule has 1 saturated heterocycles. The van der Waals surface area contributed by atoms with E-state index in [0.29, 0.717) is 19.7 Å². The van der Waals surface area contributed by atoms with Crippen LogP contribution in [-0.4, -0.2) is 87.7 Å². The molecule has 1 aromatic carbocycles. The number of carbonyl (C=O) groups is 1. The van der Waals surface area contributed by atoms with Gasteiger partial charge in [-0.2, -0.15) is 0 Å². The molecule has 0 aromatic heterocycles. The molecule has 31 heavy (non-hydrogen) atoms. The molecule has 1 fully saturated rings. The van der Waals surface area contributed by atoms with E-state index in [1.54, 1.807) is 7.11 Å². The molecule has 8 heteroatoms. The van der Waals surface area contributed by atoms with Crippen molar-refractivity contribution in [2.24, 2.45) is 10.4 Å². The topological polar surface area (TPSA) is 69.2 Å². The predicted octanol–water partition coefficient (Wildman–Crippen LogP) is 2.22. The summed E-state index contributed by atoms with van der Waals surface area (Å²) in [5.74, 6) is 1.03. The summed E-state index contributed by atoms with van der Waals surface area (Å²) in [6.45, 7) is 13.3. The van der Waals surface area contributed by atoms with E-state index in [2.05, 4.69) is 71.5 Å². The predicted molar refractivity (Wildman–Crippen MR) is 138 cm³/mol. The smallest absolute Gasteiger partial charge is 0.234 e. The number of nitrogens with zero attached hydrogens (tertiary/aromatic N) is 3. The van der Waals surface area contributed by atoms with E-state index >= 15 is 0 Å². The van der Waals surface area contributed by atoms with Gasteiger partial charge in [0.2, 0.25) is 5.91 Å². The molecule has 1 heterocycles. The Kier molecular flexibility index (Phi) is 13.0. The van der Waals surface area contributed by atoms with Crippen LogP contribution < -0.4 is 10.6 Å². The number of halogens is 1. The first-order valence-electron chi connectivity index (χ1n) is 11.0. The summed E-state index contributed by atoms with van der Waals surface area (Å²) in [5, 5.41) is 6.33. The van der Waals surface area contributed by atoms with E-state index in [4.69, 9.17) is 9.73 Å². The van der Waals surface area contributed by atoms with Crippen LogP contribution in [0.4, 0.5) is 0 Å². The normalized spacial score (nSPS) is 15.4. The van der Waals surface area contributed by atoms with Crippen molar-refractivity contribution in [3.63, 3.8) is 0 Å².